The number of nitrogens with zero attached hydrogens (tertiary/aromatic N) is 2. The van der Waals surface area contributed by atoms with Crippen molar-refractivity contribution in [3.8, 4) is 0 Å². The molecule has 25 heavy (non-hydrogen) atoms. The smallest absolute Gasteiger partial charge is 0.126 e. The molecule has 4 rings (SSSR count). The molecule has 134 valence electrons. The molecule has 2 fully saturated rings. The zero-order chi connectivity index (χ0) is 17.2. The van der Waals surface area contributed by atoms with Crippen molar-refractivity contribution >= 4 is 44.3 Å². The third-order valence-corrected chi connectivity index (χ3v) is 5.94. The van der Waals surface area contributed by atoms with E-state index in [1.54, 1.807) is 0 Å². The Balaban J connectivity index is 1.36. The Kier molecular flexibility index (Phi) is 5.46. The maximum Gasteiger partial charge on any atom is 0.126 e. The number of likely N-dealkylation sites (tertiary alicyclic amines) is 1. The molecule has 2 aliphatic heterocycles. The van der Waals surface area contributed by atoms with Crippen molar-refractivity contribution in [2.75, 3.05) is 38.2 Å². The first-order valence-corrected chi connectivity index (χ1v) is 10.2. The maximum atomic E-state index is 6.34. The fourth-order valence-corrected chi connectivity index (χ4v) is 4.68. The predicted molar refractivity (Wildman–Crippen MR) is 106 cm³/mol. The molecule has 6 heteroatoms. The van der Waals surface area contributed by atoms with Gasteiger partial charge in [-0.25, -0.2) is 4.98 Å². The lowest BCUT2D eigenvalue weighted by Crippen LogP contribution is -2.41. The Morgan fingerprint density at radius 3 is 2.84 bits per heavy atom. The topological polar surface area (TPSA) is 37.4 Å². The van der Waals surface area contributed by atoms with Crippen LogP contribution < -0.4 is 5.32 Å². The maximum absolute atomic E-state index is 6.34. The van der Waals surface area contributed by atoms with Gasteiger partial charge in [0.2, 0.25) is 0 Å². The molecule has 1 aromatic carbocycles. The summed E-state index contributed by atoms with van der Waals surface area (Å²) in [5.74, 6) is 1.65. The number of aromatic nitrogens is 1. The van der Waals surface area contributed by atoms with Gasteiger partial charge in [0.1, 0.15) is 5.82 Å². The summed E-state index contributed by atoms with van der Waals surface area (Å²) < 4.78 is 6.47. The van der Waals surface area contributed by atoms with Gasteiger partial charge in [0.25, 0.3) is 0 Å². The summed E-state index contributed by atoms with van der Waals surface area (Å²) in [5, 5.41) is 5.33. The Bertz CT molecular complexity index is 743. The Morgan fingerprint density at radius 2 is 2.08 bits per heavy atom. The third-order valence-electron chi connectivity index (χ3n) is 5.19. The van der Waals surface area contributed by atoms with Gasteiger partial charge in [-0.2, -0.15) is 0 Å². The van der Waals surface area contributed by atoms with E-state index < -0.39 is 0 Å². The Hall–Kier alpha value is -0.880. The number of piperidine rings is 1. The van der Waals surface area contributed by atoms with Crippen molar-refractivity contribution in [2.45, 2.75) is 25.3 Å². The number of ether oxygens (including phenoxy) is 1. The van der Waals surface area contributed by atoms with E-state index in [2.05, 4.69) is 32.2 Å². The van der Waals surface area contributed by atoms with Crippen LogP contribution in [-0.4, -0.2) is 48.8 Å². The van der Waals surface area contributed by atoms with Gasteiger partial charge in [-0.05, 0) is 49.4 Å². The fraction of sp³-hybridized carbons (Fsp3) is 0.526. The van der Waals surface area contributed by atoms with E-state index in [1.165, 1.54) is 13.0 Å². The monoisotopic (exact) mass is 423 g/mol. The van der Waals surface area contributed by atoms with Crippen LogP contribution in [0.2, 0.25) is 5.02 Å². The van der Waals surface area contributed by atoms with Gasteiger partial charge < -0.3 is 15.0 Å². The zero-order valence-electron chi connectivity index (χ0n) is 14.2. The second kappa shape index (κ2) is 7.78. The highest BCUT2D eigenvalue weighted by Gasteiger charge is 2.24. The van der Waals surface area contributed by atoms with Crippen molar-refractivity contribution in [2.24, 2.45) is 5.92 Å². The number of rotatable bonds is 4. The molecule has 0 amide bonds. The third kappa shape index (κ3) is 4.27. The van der Waals surface area contributed by atoms with E-state index in [0.29, 0.717) is 11.1 Å². The first-order chi connectivity index (χ1) is 12.2. The van der Waals surface area contributed by atoms with Gasteiger partial charge in [0, 0.05) is 42.1 Å². The molecule has 0 spiro atoms. The highest BCUT2D eigenvalue weighted by molar-refractivity contribution is 9.10. The van der Waals surface area contributed by atoms with Crippen LogP contribution in [0, 0.1) is 5.92 Å². The van der Waals surface area contributed by atoms with E-state index in [9.17, 15) is 0 Å². The van der Waals surface area contributed by atoms with Crippen LogP contribution in [0.25, 0.3) is 10.9 Å². The number of pyridine rings is 1. The summed E-state index contributed by atoms with van der Waals surface area (Å²) >= 11 is 9.82. The van der Waals surface area contributed by atoms with Crippen LogP contribution in [0.4, 0.5) is 5.82 Å². The van der Waals surface area contributed by atoms with Crippen LogP contribution in [-0.2, 0) is 4.74 Å². The Labute approximate surface area is 162 Å². The summed E-state index contributed by atoms with van der Waals surface area (Å²) in [6, 6.07) is 8.55. The van der Waals surface area contributed by atoms with Gasteiger partial charge in [-0.3, -0.25) is 0 Å². The van der Waals surface area contributed by atoms with Gasteiger partial charge in [0.05, 0.1) is 17.1 Å². The van der Waals surface area contributed by atoms with E-state index in [1.807, 2.05) is 18.2 Å². The van der Waals surface area contributed by atoms with E-state index in [4.69, 9.17) is 21.3 Å². The number of hydrogen-bond donors (Lipinski definition) is 1. The van der Waals surface area contributed by atoms with Crippen molar-refractivity contribution in [3.63, 3.8) is 0 Å². The molecule has 1 unspecified atom stereocenters. The van der Waals surface area contributed by atoms with Crippen molar-refractivity contribution in [3.05, 3.63) is 33.8 Å². The minimum atomic E-state index is 0.482. The van der Waals surface area contributed by atoms with Crippen LogP contribution in [0.1, 0.15) is 19.3 Å². The molecule has 1 aromatic heterocycles. The van der Waals surface area contributed by atoms with E-state index >= 15 is 0 Å². The lowest BCUT2D eigenvalue weighted by atomic mass is 10.0. The molecular weight excluding hydrogens is 402 g/mol. The lowest BCUT2D eigenvalue weighted by Gasteiger charge is -2.33. The van der Waals surface area contributed by atoms with Gasteiger partial charge in [0.15, 0.2) is 0 Å². The molecule has 2 aliphatic rings. The quantitative estimate of drug-likeness (QED) is 0.780. The van der Waals surface area contributed by atoms with E-state index in [-0.39, 0.29) is 0 Å². The molecule has 2 aromatic rings. The summed E-state index contributed by atoms with van der Waals surface area (Å²) in [7, 11) is 0. The van der Waals surface area contributed by atoms with Crippen LogP contribution in [0.5, 0.6) is 0 Å². The average molecular weight is 425 g/mol. The molecule has 0 aliphatic carbocycles. The normalized spacial score (nSPS) is 22.6. The standard InChI is InChI=1S/C19H23BrClN3O/c20-15-9-14-1-2-18(23-19(14)17(21)10-15)22-16-3-6-24(7-4-16)11-13-5-8-25-12-13/h1-2,9-10,13,16H,3-8,11-12H2,(H,22,23). The molecule has 4 nitrogen and oxygen atoms in total. The van der Waals surface area contributed by atoms with Gasteiger partial charge >= 0.3 is 0 Å². The molecule has 0 saturated carbocycles. The summed E-state index contributed by atoms with van der Waals surface area (Å²) in [6.07, 6.45) is 3.53. The predicted octanol–water partition coefficient (Wildman–Crippen LogP) is 4.56. The van der Waals surface area contributed by atoms with Crippen molar-refractivity contribution < 1.29 is 4.74 Å². The fourth-order valence-electron chi connectivity index (χ4n) is 3.80. The first-order valence-electron chi connectivity index (χ1n) is 9.00. The minimum absolute atomic E-state index is 0.482. The molecule has 0 radical (unpaired) electrons. The molecule has 1 N–H and O–H groups in total. The van der Waals surface area contributed by atoms with E-state index in [0.717, 1.165) is 66.3 Å². The van der Waals surface area contributed by atoms with Gasteiger partial charge in [-0.15, -0.1) is 0 Å². The zero-order valence-corrected chi connectivity index (χ0v) is 16.5. The molecular formula is C19H23BrClN3O. The number of anilines is 1. The Morgan fingerprint density at radius 1 is 1.24 bits per heavy atom. The average Bonchev–Trinajstić information content (AvgIpc) is 3.10. The van der Waals surface area contributed by atoms with Crippen LogP contribution in [0.3, 0.4) is 0 Å². The molecule has 3 heterocycles. The summed E-state index contributed by atoms with van der Waals surface area (Å²) in [4.78, 5) is 7.30. The minimum Gasteiger partial charge on any atom is -0.381 e. The highest BCUT2D eigenvalue weighted by Crippen LogP contribution is 2.28. The number of fused-ring (bicyclic) bond motifs is 1. The number of nitrogens with one attached hydrogen (secondary N) is 1. The number of halogens is 2. The largest absolute Gasteiger partial charge is 0.381 e. The summed E-state index contributed by atoms with van der Waals surface area (Å²) in [6.45, 7) is 5.36. The van der Waals surface area contributed by atoms with Crippen molar-refractivity contribution in [1.29, 1.82) is 0 Å². The highest BCUT2D eigenvalue weighted by atomic mass is 79.9. The molecule has 2 saturated heterocycles. The number of benzene rings is 1. The van der Waals surface area contributed by atoms with Crippen LogP contribution >= 0.6 is 27.5 Å². The lowest BCUT2D eigenvalue weighted by molar-refractivity contribution is 0.154. The van der Waals surface area contributed by atoms with Crippen LogP contribution in [0.15, 0.2) is 28.7 Å². The van der Waals surface area contributed by atoms with Gasteiger partial charge in [-0.1, -0.05) is 27.5 Å². The number of hydrogen-bond acceptors (Lipinski definition) is 4. The second-order valence-electron chi connectivity index (χ2n) is 7.10. The SMILES string of the molecule is Clc1cc(Br)cc2ccc(NC3CCN(CC4CCOC4)CC3)nc12. The molecule has 0 bridgehead atoms. The molecule has 1 atom stereocenters. The first kappa shape index (κ1) is 17.5. The summed E-state index contributed by atoms with van der Waals surface area (Å²) in [5.41, 5.74) is 0.855. The van der Waals surface area contributed by atoms with Crippen molar-refractivity contribution in [1.82, 2.24) is 9.88 Å². The second-order valence-corrected chi connectivity index (χ2v) is 8.43.